The van der Waals surface area contributed by atoms with Crippen LogP contribution in [0.3, 0.4) is 0 Å². The average molecular weight is 206 g/mol. The van der Waals surface area contributed by atoms with E-state index >= 15 is 0 Å². The van der Waals surface area contributed by atoms with Crippen LogP contribution in [0.15, 0.2) is 22.2 Å². The van der Waals surface area contributed by atoms with E-state index in [-0.39, 0.29) is 5.41 Å². The number of thioether (sulfide) groups is 1. The molecule has 0 aromatic carbocycles. The first-order chi connectivity index (χ1) is 6.55. The Morgan fingerprint density at radius 1 is 1.36 bits per heavy atom. The highest BCUT2D eigenvalue weighted by Crippen LogP contribution is 2.39. The van der Waals surface area contributed by atoms with E-state index in [0.29, 0.717) is 0 Å². The van der Waals surface area contributed by atoms with Gasteiger partial charge in [-0.05, 0) is 19.2 Å². The van der Waals surface area contributed by atoms with Crippen molar-refractivity contribution in [2.24, 2.45) is 4.99 Å². The summed E-state index contributed by atoms with van der Waals surface area (Å²) in [6.07, 6.45) is 3.96. The van der Waals surface area contributed by atoms with Gasteiger partial charge in [-0.3, -0.25) is 0 Å². The largest absolute Gasteiger partial charge is 0.237 e. The minimum Gasteiger partial charge on any atom is -0.237 e. The standard InChI is InChI=1S/C11H14N2S/c1-7-11(2,3)9-5-8(14-4)6-12-10(9)13-7/h5-6H,1-4H3. The lowest BCUT2D eigenvalue weighted by atomic mass is 9.83. The van der Waals surface area contributed by atoms with Crippen LogP contribution >= 0.6 is 11.8 Å². The number of aliphatic imine (C=N–C) groups is 1. The van der Waals surface area contributed by atoms with Gasteiger partial charge in [-0.2, -0.15) is 0 Å². The first kappa shape index (κ1) is 9.71. The first-order valence-corrected chi connectivity index (χ1v) is 5.88. The third kappa shape index (κ3) is 1.27. The summed E-state index contributed by atoms with van der Waals surface area (Å²) in [5.74, 6) is 0.894. The van der Waals surface area contributed by atoms with Gasteiger partial charge in [0.05, 0.1) is 0 Å². The van der Waals surface area contributed by atoms with E-state index in [1.165, 1.54) is 10.5 Å². The maximum atomic E-state index is 4.48. The number of fused-ring (bicyclic) bond motifs is 1. The lowest BCUT2D eigenvalue weighted by Gasteiger charge is -2.19. The Kier molecular flexibility index (Phi) is 2.14. The normalized spacial score (nSPS) is 17.9. The van der Waals surface area contributed by atoms with Crippen LogP contribution in [0, 0.1) is 0 Å². The molecule has 0 N–H and O–H groups in total. The molecule has 2 heterocycles. The number of hydrogen-bond donors (Lipinski definition) is 0. The van der Waals surface area contributed by atoms with Gasteiger partial charge in [-0.1, -0.05) is 13.8 Å². The van der Waals surface area contributed by atoms with Gasteiger partial charge in [0.2, 0.25) is 0 Å². The zero-order valence-electron chi connectivity index (χ0n) is 8.96. The average Bonchev–Trinajstić information content (AvgIpc) is 2.38. The summed E-state index contributed by atoms with van der Waals surface area (Å²) in [6.45, 7) is 6.47. The van der Waals surface area contributed by atoms with Crippen molar-refractivity contribution in [3.05, 3.63) is 17.8 Å². The van der Waals surface area contributed by atoms with Gasteiger partial charge < -0.3 is 0 Å². The minimum atomic E-state index is 0.0497. The molecule has 0 unspecified atom stereocenters. The van der Waals surface area contributed by atoms with Gasteiger partial charge in [0.15, 0.2) is 5.82 Å². The molecule has 0 saturated carbocycles. The van der Waals surface area contributed by atoms with Gasteiger partial charge in [-0.15, -0.1) is 11.8 Å². The Bertz CT molecular complexity index is 408. The number of pyridine rings is 1. The molecule has 2 rings (SSSR count). The van der Waals surface area contributed by atoms with Crippen molar-refractivity contribution in [1.82, 2.24) is 4.98 Å². The van der Waals surface area contributed by atoms with E-state index < -0.39 is 0 Å². The van der Waals surface area contributed by atoms with Crippen LogP contribution in [0.1, 0.15) is 26.3 Å². The molecule has 0 radical (unpaired) electrons. The zero-order valence-corrected chi connectivity index (χ0v) is 9.77. The van der Waals surface area contributed by atoms with E-state index in [0.717, 1.165) is 11.5 Å². The van der Waals surface area contributed by atoms with Crippen molar-refractivity contribution >= 4 is 23.3 Å². The van der Waals surface area contributed by atoms with Crippen molar-refractivity contribution in [1.29, 1.82) is 0 Å². The number of aromatic nitrogens is 1. The molecule has 1 aliphatic rings. The van der Waals surface area contributed by atoms with Crippen LogP contribution in [0.2, 0.25) is 0 Å². The summed E-state index contributed by atoms with van der Waals surface area (Å²) in [6, 6.07) is 2.20. The summed E-state index contributed by atoms with van der Waals surface area (Å²) in [5.41, 5.74) is 2.45. The Hall–Kier alpha value is -0.830. The van der Waals surface area contributed by atoms with Crippen LogP contribution in [0.5, 0.6) is 0 Å². The molecular formula is C11H14N2S. The van der Waals surface area contributed by atoms with Gasteiger partial charge in [0.1, 0.15) is 0 Å². The molecule has 14 heavy (non-hydrogen) atoms. The topological polar surface area (TPSA) is 25.2 Å². The van der Waals surface area contributed by atoms with E-state index in [9.17, 15) is 0 Å². The molecule has 0 atom stereocenters. The molecule has 0 amide bonds. The molecule has 3 heteroatoms. The second kappa shape index (κ2) is 3.09. The first-order valence-electron chi connectivity index (χ1n) is 4.66. The Morgan fingerprint density at radius 2 is 2.07 bits per heavy atom. The fourth-order valence-electron chi connectivity index (χ4n) is 1.59. The fourth-order valence-corrected chi connectivity index (χ4v) is 1.99. The van der Waals surface area contributed by atoms with Gasteiger partial charge in [0, 0.05) is 27.8 Å². The zero-order chi connectivity index (χ0) is 10.3. The predicted octanol–water partition coefficient (Wildman–Crippen LogP) is 3.19. The van der Waals surface area contributed by atoms with Crippen molar-refractivity contribution in [2.45, 2.75) is 31.1 Å². The highest BCUT2D eigenvalue weighted by atomic mass is 32.2. The molecule has 0 fully saturated rings. The van der Waals surface area contributed by atoms with Crippen molar-refractivity contribution in [3.63, 3.8) is 0 Å². The Morgan fingerprint density at radius 3 is 2.71 bits per heavy atom. The van der Waals surface area contributed by atoms with Crippen LogP contribution in [-0.2, 0) is 5.41 Å². The van der Waals surface area contributed by atoms with Crippen LogP contribution < -0.4 is 0 Å². The van der Waals surface area contributed by atoms with E-state index in [1.54, 1.807) is 11.8 Å². The van der Waals surface area contributed by atoms with Crippen molar-refractivity contribution < 1.29 is 0 Å². The Balaban J connectivity index is 2.57. The smallest absolute Gasteiger partial charge is 0.155 e. The molecule has 1 aromatic rings. The molecule has 1 aliphatic heterocycles. The van der Waals surface area contributed by atoms with Crippen molar-refractivity contribution in [2.75, 3.05) is 6.26 Å². The summed E-state index contributed by atoms with van der Waals surface area (Å²) in [5, 5.41) is 0. The highest BCUT2D eigenvalue weighted by molar-refractivity contribution is 7.98. The number of rotatable bonds is 1. The number of nitrogens with zero attached hydrogens (tertiary/aromatic N) is 2. The maximum absolute atomic E-state index is 4.48. The second-order valence-electron chi connectivity index (χ2n) is 4.07. The van der Waals surface area contributed by atoms with Crippen molar-refractivity contribution in [3.8, 4) is 0 Å². The summed E-state index contributed by atoms with van der Waals surface area (Å²) in [4.78, 5) is 10.1. The molecule has 1 aromatic heterocycles. The van der Waals surface area contributed by atoms with Crippen LogP contribution in [0.4, 0.5) is 5.82 Å². The maximum Gasteiger partial charge on any atom is 0.155 e. The van der Waals surface area contributed by atoms with E-state index in [1.807, 2.05) is 6.20 Å². The molecule has 0 aliphatic carbocycles. The van der Waals surface area contributed by atoms with Crippen LogP contribution in [0.25, 0.3) is 0 Å². The van der Waals surface area contributed by atoms with Gasteiger partial charge in [-0.25, -0.2) is 9.98 Å². The third-order valence-electron chi connectivity index (χ3n) is 2.93. The SMILES string of the molecule is CSc1cnc2c(c1)C(C)(C)C(C)=N2. The molecule has 0 saturated heterocycles. The molecule has 0 bridgehead atoms. The van der Waals surface area contributed by atoms with E-state index in [4.69, 9.17) is 0 Å². The minimum absolute atomic E-state index is 0.0497. The summed E-state index contributed by atoms with van der Waals surface area (Å²) >= 11 is 1.72. The third-order valence-corrected chi connectivity index (χ3v) is 3.62. The summed E-state index contributed by atoms with van der Waals surface area (Å²) in [7, 11) is 0. The van der Waals surface area contributed by atoms with Gasteiger partial charge in [0.25, 0.3) is 0 Å². The molecule has 2 nitrogen and oxygen atoms in total. The Labute approximate surface area is 88.9 Å². The number of hydrogen-bond acceptors (Lipinski definition) is 3. The quantitative estimate of drug-likeness (QED) is 0.659. The monoisotopic (exact) mass is 206 g/mol. The predicted molar refractivity (Wildman–Crippen MR) is 61.8 cm³/mol. The van der Waals surface area contributed by atoms with Gasteiger partial charge >= 0.3 is 0 Å². The summed E-state index contributed by atoms with van der Waals surface area (Å²) < 4.78 is 0. The highest BCUT2D eigenvalue weighted by Gasteiger charge is 2.33. The fraction of sp³-hybridized carbons (Fsp3) is 0.455. The molecule has 0 spiro atoms. The molecule has 74 valence electrons. The van der Waals surface area contributed by atoms with E-state index in [2.05, 4.69) is 43.1 Å². The lowest BCUT2D eigenvalue weighted by molar-refractivity contribution is 0.728. The second-order valence-corrected chi connectivity index (χ2v) is 4.95. The van der Waals surface area contributed by atoms with Crippen LogP contribution in [-0.4, -0.2) is 17.0 Å². The molecular weight excluding hydrogens is 192 g/mol. The lowest BCUT2D eigenvalue weighted by Crippen LogP contribution is -2.22.